The second-order valence-electron chi connectivity index (χ2n) is 5.33. The van der Waals surface area contributed by atoms with Gasteiger partial charge >= 0.3 is 11.9 Å². The van der Waals surface area contributed by atoms with Gasteiger partial charge in [0.05, 0.1) is 15.6 Å². The molecule has 0 bridgehead atoms. The summed E-state index contributed by atoms with van der Waals surface area (Å²) in [5.41, 5.74) is 6.55. The van der Waals surface area contributed by atoms with E-state index in [0.29, 0.717) is 36.7 Å². The number of nitrogen functional groups attached to an aromatic ring is 1. The molecule has 2 aromatic rings. The minimum absolute atomic E-state index is 0.161. The van der Waals surface area contributed by atoms with Crippen LogP contribution in [0.3, 0.4) is 0 Å². The molecular weight excluding hydrogens is 422 g/mol. The molecule has 0 aliphatic carbocycles. The Labute approximate surface area is 174 Å². The van der Waals surface area contributed by atoms with E-state index >= 15 is 0 Å². The normalized spacial score (nSPS) is 10.2. The zero-order chi connectivity index (χ0) is 21.1. The van der Waals surface area contributed by atoms with Crippen LogP contribution >= 0.6 is 34.9 Å². The van der Waals surface area contributed by atoms with E-state index in [4.69, 9.17) is 28.2 Å². The third kappa shape index (κ3) is 9.90. The highest BCUT2D eigenvalue weighted by Crippen LogP contribution is 2.29. The first-order valence-electron chi connectivity index (χ1n) is 7.87. The Balaban J connectivity index is 0.000000416. The van der Waals surface area contributed by atoms with E-state index in [1.54, 1.807) is 18.3 Å². The van der Waals surface area contributed by atoms with E-state index in [-0.39, 0.29) is 5.78 Å². The standard InChI is InChI=1S/C13H15N3OS3.C4H4O4/c1-8(17)2-5-12(18)15-6-9-3-4-11(20-9)10-7-19-13(14)16-10;5-3(6)1-2-4(7)8/h3-4,7H,2,5-6H2,1H3,(H2,14,16)(H,15,18);1-2H,(H,5,6)(H,7,8). The SMILES string of the molecule is CC(=O)CCC(=S)NCc1ccc(-c2csc(N)n2)s1.O=C(O)C=CC(=O)O. The fourth-order valence-electron chi connectivity index (χ4n) is 1.72. The number of ketones is 1. The monoisotopic (exact) mass is 441 g/mol. The van der Waals surface area contributed by atoms with Crippen molar-refractivity contribution in [1.29, 1.82) is 0 Å². The Kier molecular flexibility index (Phi) is 9.99. The topological polar surface area (TPSA) is 143 Å². The molecule has 8 nitrogen and oxygen atoms in total. The fraction of sp³-hybridized carbons (Fsp3) is 0.235. The third-order valence-corrected chi connectivity index (χ3v) is 5.10. The van der Waals surface area contributed by atoms with Gasteiger partial charge in [-0.15, -0.1) is 22.7 Å². The van der Waals surface area contributed by atoms with Crippen LogP contribution in [0.5, 0.6) is 0 Å². The van der Waals surface area contributed by atoms with E-state index < -0.39 is 11.9 Å². The number of Topliss-reactive ketones (excluding diaryl/α,β-unsaturated/α-hetero) is 1. The van der Waals surface area contributed by atoms with Crippen molar-refractivity contribution in [2.45, 2.75) is 26.3 Å². The number of carbonyl (C=O) groups is 3. The summed E-state index contributed by atoms with van der Waals surface area (Å²) in [6.45, 7) is 2.26. The van der Waals surface area contributed by atoms with Crippen molar-refractivity contribution in [3.8, 4) is 10.6 Å². The molecule has 5 N–H and O–H groups in total. The first-order valence-corrected chi connectivity index (χ1v) is 9.98. The van der Waals surface area contributed by atoms with E-state index in [1.807, 2.05) is 11.4 Å². The largest absolute Gasteiger partial charge is 0.478 e. The number of carbonyl (C=O) groups excluding carboxylic acids is 1. The van der Waals surface area contributed by atoms with E-state index in [0.717, 1.165) is 15.6 Å². The Morgan fingerprint density at radius 2 is 1.86 bits per heavy atom. The number of aromatic nitrogens is 1. The van der Waals surface area contributed by atoms with Crippen LogP contribution in [-0.2, 0) is 20.9 Å². The second-order valence-corrected chi connectivity index (χ2v) is 7.88. The van der Waals surface area contributed by atoms with Crippen molar-refractivity contribution in [3.63, 3.8) is 0 Å². The average Bonchev–Trinajstić information content (AvgIpc) is 3.25. The summed E-state index contributed by atoms with van der Waals surface area (Å²) in [4.78, 5) is 37.3. The molecule has 0 amide bonds. The smallest absolute Gasteiger partial charge is 0.328 e. The summed E-state index contributed by atoms with van der Waals surface area (Å²) >= 11 is 8.30. The number of hydrogen-bond donors (Lipinski definition) is 4. The Morgan fingerprint density at radius 3 is 2.36 bits per heavy atom. The lowest BCUT2D eigenvalue weighted by Gasteiger charge is -2.05. The zero-order valence-electron chi connectivity index (χ0n) is 14.9. The van der Waals surface area contributed by atoms with Gasteiger partial charge in [0.2, 0.25) is 0 Å². The molecule has 0 aliphatic rings. The van der Waals surface area contributed by atoms with Gasteiger partial charge in [0.15, 0.2) is 5.13 Å². The molecule has 28 heavy (non-hydrogen) atoms. The van der Waals surface area contributed by atoms with Crippen LogP contribution in [0.25, 0.3) is 10.6 Å². The number of anilines is 1. The summed E-state index contributed by atoms with van der Waals surface area (Å²) in [5, 5.41) is 21.3. The second kappa shape index (κ2) is 12.0. The lowest BCUT2D eigenvalue weighted by atomic mass is 10.2. The number of thiophene rings is 1. The molecule has 0 aliphatic heterocycles. The predicted octanol–water partition coefficient (Wildman–Crippen LogP) is 2.95. The van der Waals surface area contributed by atoms with Crippen LogP contribution in [0.1, 0.15) is 24.6 Å². The Morgan fingerprint density at radius 1 is 1.21 bits per heavy atom. The summed E-state index contributed by atoms with van der Waals surface area (Å²) in [6.07, 6.45) is 2.23. The summed E-state index contributed by atoms with van der Waals surface area (Å²) in [5.74, 6) is -2.35. The molecule has 0 fully saturated rings. The Hall–Kier alpha value is -2.63. The van der Waals surface area contributed by atoms with Gasteiger partial charge in [0, 0.05) is 41.8 Å². The van der Waals surface area contributed by atoms with Crippen molar-refractivity contribution in [2.75, 3.05) is 5.73 Å². The quantitative estimate of drug-likeness (QED) is 0.359. The summed E-state index contributed by atoms with van der Waals surface area (Å²) in [6, 6.07) is 4.09. The molecular formula is C17H19N3O5S3. The molecule has 0 saturated carbocycles. The lowest BCUT2D eigenvalue weighted by molar-refractivity contribution is -0.134. The van der Waals surface area contributed by atoms with Crippen LogP contribution in [0.4, 0.5) is 5.13 Å². The zero-order valence-corrected chi connectivity index (χ0v) is 17.3. The highest BCUT2D eigenvalue weighted by Gasteiger charge is 2.07. The first kappa shape index (κ1) is 23.4. The van der Waals surface area contributed by atoms with Crippen molar-refractivity contribution in [3.05, 3.63) is 34.5 Å². The van der Waals surface area contributed by atoms with Gasteiger partial charge < -0.3 is 26.1 Å². The van der Waals surface area contributed by atoms with Crippen molar-refractivity contribution >= 4 is 62.7 Å². The van der Waals surface area contributed by atoms with Crippen molar-refractivity contribution < 1.29 is 24.6 Å². The van der Waals surface area contributed by atoms with Crippen molar-refractivity contribution in [1.82, 2.24) is 10.3 Å². The number of aliphatic carboxylic acids is 2. The summed E-state index contributed by atoms with van der Waals surface area (Å²) in [7, 11) is 0. The first-order chi connectivity index (χ1) is 13.2. The molecule has 0 atom stereocenters. The molecule has 0 saturated heterocycles. The van der Waals surface area contributed by atoms with Crippen LogP contribution < -0.4 is 11.1 Å². The average molecular weight is 442 g/mol. The summed E-state index contributed by atoms with van der Waals surface area (Å²) < 4.78 is 0. The number of rotatable bonds is 8. The minimum atomic E-state index is -1.26. The maximum absolute atomic E-state index is 10.9. The Bertz CT molecular complexity index is 857. The maximum Gasteiger partial charge on any atom is 0.328 e. The van der Waals surface area contributed by atoms with Crippen LogP contribution in [0, 0.1) is 0 Å². The van der Waals surface area contributed by atoms with Gasteiger partial charge in [0.1, 0.15) is 5.78 Å². The molecule has 11 heteroatoms. The van der Waals surface area contributed by atoms with E-state index in [9.17, 15) is 14.4 Å². The van der Waals surface area contributed by atoms with Crippen LogP contribution in [-0.4, -0.2) is 37.9 Å². The molecule has 0 radical (unpaired) electrons. The predicted molar refractivity (Wildman–Crippen MR) is 114 cm³/mol. The molecule has 0 aromatic carbocycles. The molecule has 0 spiro atoms. The molecule has 2 heterocycles. The number of thiocarbonyl (C=S) groups is 1. The number of thiazole rings is 1. The highest BCUT2D eigenvalue weighted by molar-refractivity contribution is 7.80. The number of nitrogens with zero attached hydrogens (tertiary/aromatic N) is 1. The van der Waals surface area contributed by atoms with Crippen LogP contribution in [0.2, 0.25) is 0 Å². The molecule has 2 aromatic heterocycles. The number of carboxylic acids is 2. The van der Waals surface area contributed by atoms with Gasteiger partial charge in [-0.2, -0.15) is 0 Å². The fourth-order valence-corrected chi connectivity index (χ4v) is 3.44. The molecule has 0 unspecified atom stereocenters. The van der Waals surface area contributed by atoms with Gasteiger partial charge in [-0.1, -0.05) is 12.2 Å². The molecule has 150 valence electrons. The maximum atomic E-state index is 10.9. The van der Waals surface area contributed by atoms with Gasteiger partial charge in [0.25, 0.3) is 0 Å². The minimum Gasteiger partial charge on any atom is -0.478 e. The lowest BCUT2D eigenvalue weighted by Crippen LogP contribution is -2.20. The van der Waals surface area contributed by atoms with Gasteiger partial charge in [-0.25, -0.2) is 14.6 Å². The van der Waals surface area contributed by atoms with Gasteiger partial charge in [-0.3, -0.25) is 0 Å². The third-order valence-electron chi connectivity index (χ3n) is 2.97. The van der Waals surface area contributed by atoms with E-state index in [1.165, 1.54) is 16.2 Å². The van der Waals surface area contributed by atoms with E-state index in [2.05, 4.69) is 16.4 Å². The number of nitrogens with one attached hydrogen (secondary N) is 1. The number of nitrogens with two attached hydrogens (primary N) is 1. The number of hydrogen-bond acceptors (Lipinski definition) is 8. The number of carboxylic acid groups (broad SMARTS) is 2. The van der Waals surface area contributed by atoms with Crippen molar-refractivity contribution in [2.24, 2.45) is 0 Å². The van der Waals surface area contributed by atoms with Crippen LogP contribution in [0.15, 0.2) is 29.7 Å². The highest BCUT2D eigenvalue weighted by atomic mass is 32.1. The van der Waals surface area contributed by atoms with Gasteiger partial charge in [-0.05, 0) is 19.1 Å². The molecule has 2 rings (SSSR count).